The molecule has 74 valence electrons. The van der Waals surface area contributed by atoms with E-state index < -0.39 is 0 Å². The van der Waals surface area contributed by atoms with Crippen molar-refractivity contribution < 1.29 is 0 Å². The van der Waals surface area contributed by atoms with E-state index >= 15 is 0 Å². The second-order valence-corrected chi connectivity index (χ2v) is 4.76. The second-order valence-electron chi connectivity index (χ2n) is 3.16. The smallest absolute Gasteiger partial charge is 0.175 e. The molecule has 0 radical (unpaired) electrons. The molecule has 0 fully saturated rings. The van der Waals surface area contributed by atoms with E-state index in [-0.39, 0.29) is 0 Å². The molecule has 3 aromatic rings. The lowest BCUT2D eigenvalue weighted by atomic mass is 10.3. The van der Waals surface area contributed by atoms with E-state index in [1.54, 1.807) is 6.20 Å². The zero-order valence-electron chi connectivity index (χ0n) is 7.48. The Kier molecular flexibility index (Phi) is 2.07. The van der Waals surface area contributed by atoms with Gasteiger partial charge in [0.1, 0.15) is 0 Å². The lowest BCUT2D eigenvalue weighted by molar-refractivity contribution is 1.21. The molecule has 2 aromatic heterocycles. The van der Waals surface area contributed by atoms with Gasteiger partial charge in [0.2, 0.25) is 0 Å². The monoisotopic (exact) mass is 329 g/mol. The van der Waals surface area contributed by atoms with Crippen molar-refractivity contribution in [1.82, 2.24) is 14.4 Å². The minimum atomic E-state index is 0.439. The number of fused-ring (bicyclic) bond motifs is 3. The van der Waals surface area contributed by atoms with Crippen molar-refractivity contribution in [3.05, 3.63) is 39.3 Å². The molecule has 0 spiro atoms. The number of halogens is 2. The average molecular weight is 330 g/mol. The summed E-state index contributed by atoms with van der Waals surface area (Å²) >= 11 is 8.29. The Morgan fingerprint density at radius 2 is 2.20 bits per heavy atom. The summed E-state index contributed by atoms with van der Waals surface area (Å²) < 4.78 is 3.12. The van der Waals surface area contributed by atoms with Crippen molar-refractivity contribution in [2.75, 3.05) is 0 Å². The Bertz CT molecular complexity index is 662. The molecular weight excluding hydrogens is 324 g/mol. The summed E-state index contributed by atoms with van der Waals surface area (Å²) in [5.74, 6) is 0. The summed E-state index contributed by atoms with van der Waals surface area (Å²) in [6, 6.07) is 6.03. The summed E-state index contributed by atoms with van der Waals surface area (Å²) in [7, 11) is 0. The Morgan fingerprint density at radius 1 is 1.33 bits per heavy atom. The molecule has 0 aliphatic rings. The van der Waals surface area contributed by atoms with Crippen LogP contribution in [0.15, 0.2) is 30.6 Å². The fraction of sp³-hybridized carbons (Fsp3) is 0. The molecule has 0 aliphatic heterocycles. The zero-order valence-corrected chi connectivity index (χ0v) is 10.4. The number of imidazole rings is 1. The third kappa shape index (κ3) is 1.39. The molecule has 0 saturated heterocycles. The molecule has 0 atom stereocenters. The van der Waals surface area contributed by atoms with Gasteiger partial charge in [-0.15, -0.1) is 0 Å². The van der Waals surface area contributed by atoms with Crippen LogP contribution in [0.5, 0.6) is 0 Å². The first-order valence-corrected chi connectivity index (χ1v) is 5.79. The predicted molar refractivity (Wildman–Crippen MR) is 68.2 cm³/mol. The van der Waals surface area contributed by atoms with E-state index in [0.29, 0.717) is 10.8 Å². The molecular formula is C10H5ClIN3. The first-order chi connectivity index (χ1) is 7.25. The third-order valence-corrected chi connectivity index (χ3v) is 3.17. The Labute approximate surface area is 104 Å². The number of benzene rings is 1. The standard InChI is InChI=1S/C10H5ClIN3/c11-9-10-13-3-4-15(10)8-5-6(12)1-2-7(8)14-9/h1-5H. The van der Waals surface area contributed by atoms with Gasteiger partial charge >= 0.3 is 0 Å². The van der Waals surface area contributed by atoms with Crippen molar-refractivity contribution in [2.24, 2.45) is 0 Å². The predicted octanol–water partition coefficient (Wildman–Crippen LogP) is 3.14. The third-order valence-electron chi connectivity index (χ3n) is 2.24. The highest BCUT2D eigenvalue weighted by Crippen LogP contribution is 2.21. The van der Waals surface area contributed by atoms with E-state index in [1.165, 1.54) is 3.57 Å². The van der Waals surface area contributed by atoms with Crippen LogP contribution in [0.2, 0.25) is 5.15 Å². The molecule has 0 N–H and O–H groups in total. The van der Waals surface area contributed by atoms with Gasteiger partial charge in [-0.25, -0.2) is 9.97 Å². The van der Waals surface area contributed by atoms with Crippen molar-refractivity contribution in [1.29, 1.82) is 0 Å². The fourth-order valence-corrected chi connectivity index (χ4v) is 2.30. The topological polar surface area (TPSA) is 30.2 Å². The van der Waals surface area contributed by atoms with E-state index in [9.17, 15) is 0 Å². The van der Waals surface area contributed by atoms with Crippen LogP contribution >= 0.6 is 34.2 Å². The van der Waals surface area contributed by atoms with Crippen LogP contribution in [0.3, 0.4) is 0 Å². The summed E-state index contributed by atoms with van der Waals surface area (Å²) in [6.45, 7) is 0. The van der Waals surface area contributed by atoms with Gasteiger partial charge in [-0.1, -0.05) is 11.6 Å². The molecule has 0 aliphatic carbocycles. The number of hydrogen-bond donors (Lipinski definition) is 0. The van der Waals surface area contributed by atoms with Crippen LogP contribution < -0.4 is 0 Å². The highest BCUT2D eigenvalue weighted by Gasteiger charge is 2.06. The van der Waals surface area contributed by atoms with Gasteiger partial charge in [-0.05, 0) is 40.8 Å². The minimum Gasteiger partial charge on any atom is -0.296 e. The van der Waals surface area contributed by atoms with Crippen LogP contribution in [0.1, 0.15) is 0 Å². The molecule has 0 bridgehead atoms. The summed E-state index contributed by atoms with van der Waals surface area (Å²) in [5, 5.41) is 0.439. The van der Waals surface area contributed by atoms with Crippen molar-refractivity contribution in [2.45, 2.75) is 0 Å². The molecule has 15 heavy (non-hydrogen) atoms. The van der Waals surface area contributed by atoms with Crippen LogP contribution in [0, 0.1) is 3.57 Å². The molecule has 0 amide bonds. The summed E-state index contributed by atoms with van der Waals surface area (Å²) in [5.41, 5.74) is 2.61. The van der Waals surface area contributed by atoms with Gasteiger partial charge in [-0.2, -0.15) is 0 Å². The Balaban J connectivity index is 2.61. The Morgan fingerprint density at radius 3 is 3.07 bits per heavy atom. The fourth-order valence-electron chi connectivity index (χ4n) is 1.59. The molecule has 0 unspecified atom stereocenters. The van der Waals surface area contributed by atoms with Crippen molar-refractivity contribution in [3.8, 4) is 0 Å². The van der Waals surface area contributed by atoms with E-state index in [4.69, 9.17) is 11.6 Å². The number of rotatable bonds is 0. The Hall–Kier alpha value is -0.880. The number of hydrogen-bond acceptors (Lipinski definition) is 2. The first-order valence-electron chi connectivity index (χ1n) is 4.33. The van der Waals surface area contributed by atoms with Gasteiger partial charge in [0.15, 0.2) is 10.8 Å². The van der Waals surface area contributed by atoms with Crippen molar-refractivity contribution in [3.63, 3.8) is 0 Å². The second kappa shape index (κ2) is 3.31. The van der Waals surface area contributed by atoms with Gasteiger partial charge in [0, 0.05) is 16.0 Å². The molecule has 5 heteroatoms. The van der Waals surface area contributed by atoms with E-state index in [1.807, 2.05) is 22.7 Å². The van der Waals surface area contributed by atoms with Gasteiger partial charge in [0.05, 0.1) is 11.0 Å². The molecule has 3 rings (SSSR count). The van der Waals surface area contributed by atoms with Gasteiger partial charge in [-0.3, -0.25) is 4.40 Å². The first kappa shape index (κ1) is 9.35. The van der Waals surface area contributed by atoms with E-state index in [2.05, 4.69) is 38.6 Å². The maximum Gasteiger partial charge on any atom is 0.175 e. The maximum atomic E-state index is 6.02. The van der Waals surface area contributed by atoms with Crippen LogP contribution in [0.4, 0.5) is 0 Å². The number of nitrogens with zero attached hydrogens (tertiary/aromatic N) is 3. The largest absolute Gasteiger partial charge is 0.296 e. The summed E-state index contributed by atoms with van der Waals surface area (Å²) in [6.07, 6.45) is 3.61. The van der Waals surface area contributed by atoms with Crippen LogP contribution in [-0.2, 0) is 0 Å². The normalized spacial score (nSPS) is 11.3. The molecule has 1 aromatic carbocycles. The number of aromatic nitrogens is 3. The zero-order chi connectivity index (χ0) is 10.4. The van der Waals surface area contributed by atoms with Crippen LogP contribution in [0.25, 0.3) is 16.7 Å². The van der Waals surface area contributed by atoms with Gasteiger partial charge in [0.25, 0.3) is 0 Å². The SMILES string of the molecule is Clc1nc2ccc(I)cc2n2ccnc12. The van der Waals surface area contributed by atoms with E-state index in [0.717, 1.165) is 11.0 Å². The lowest BCUT2D eigenvalue weighted by Gasteiger charge is -2.03. The quantitative estimate of drug-likeness (QED) is 0.593. The lowest BCUT2D eigenvalue weighted by Crippen LogP contribution is -1.92. The molecule has 0 saturated carbocycles. The highest BCUT2D eigenvalue weighted by molar-refractivity contribution is 14.1. The van der Waals surface area contributed by atoms with Crippen LogP contribution in [-0.4, -0.2) is 14.4 Å². The highest BCUT2D eigenvalue weighted by atomic mass is 127. The van der Waals surface area contributed by atoms with Gasteiger partial charge < -0.3 is 0 Å². The van der Waals surface area contributed by atoms with Crippen molar-refractivity contribution >= 4 is 50.9 Å². The molecule has 2 heterocycles. The maximum absolute atomic E-state index is 6.02. The summed E-state index contributed by atoms with van der Waals surface area (Å²) in [4.78, 5) is 8.46. The minimum absolute atomic E-state index is 0.439. The molecule has 3 nitrogen and oxygen atoms in total. The average Bonchev–Trinajstić information content (AvgIpc) is 2.69.